The summed E-state index contributed by atoms with van der Waals surface area (Å²) in [6.45, 7) is 2.80. The molecule has 2 atom stereocenters. The van der Waals surface area contributed by atoms with Crippen LogP contribution in [-0.4, -0.2) is 66.1 Å². The van der Waals surface area contributed by atoms with Crippen molar-refractivity contribution >= 4 is 44.8 Å². The van der Waals surface area contributed by atoms with Gasteiger partial charge in [-0.05, 0) is 50.3 Å². The third kappa shape index (κ3) is 4.28. The van der Waals surface area contributed by atoms with Gasteiger partial charge in [0.2, 0.25) is 0 Å². The fraction of sp³-hybridized carbons (Fsp3) is 0.500. The van der Waals surface area contributed by atoms with Crippen molar-refractivity contribution in [3.8, 4) is 0 Å². The number of piperidine rings is 1. The Bertz CT molecular complexity index is 1100. The Morgan fingerprint density at radius 2 is 1.97 bits per heavy atom. The quantitative estimate of drug-likeness (QED) is 0.651. The first-order valence-corrected chi connectivity index (χ1v) is 13.1. The first-order chi connectivity index (χ1) is 15.2. The average Bonchev–Trinajstić information content (AvgIpc) is 3.24. The smallest absolute Gasteiger partial charge is 0.279 e. The van der Waals surface area contributed by atoms with Gasteiger partial charge in [-0.15, -0.1) is 0 Å². The van der Waals surface area contributed by atoms with Crippen LogP contribution in [0.15, 0.2) is 35.0 Å². The summed E-state index contributed by atoms with van der Waals surface area (Å²) in [4.78, 5) is 41.4. The van der Waals surface area contributed by atoms with Gasteiger partial charge in [0.05, 0.1) is 17.5 Å². The van der Waals surface area contributed by atoms with E-state index in [1.807, 2.05) is 4.90 Å². The summed E-state index contributed by atoms with van der Waals surface area (Å²) in [5.41, 5.74) is 0.841. The van der Waals surface area contributed by atoms with Crippen molar-refractivity contribution in [1.82, 2.24) is 9.80 Å². The van der Waals surface area contributed by atoms with Crippen LogP contribution in [0.4, 0.5) is 5.69 Å². The molecule has 8 nitrogen and oxygen atoms in total. The highest BCUT2D eigenvalue weighted by atomic mass is 35.5. The number of rotatable bonds is 5. The molecule has 2 saturated heterocycles. The SMILES string of the molecule is CCC1CCCCN1C(=O)c1cccc(NC2=C(Cl)C(=O)N(C3CCS(=O)(=O)C3)C2=O)c1. The van der Waals surface area contributed by atoms with Gasteiger partial charge in [0.15, 0.2) is 9.84 Å². The van der Waals surface area contributed by atoms with Crippen molar-refractivity contribution in [3.63, 3.8) is 0 Å². The van der Waals surface area contributed by atoms with E-state index in [4.69, 9.17) is 11.6 Å². The van der Waals surface area contributed by atoms with Crippen LogP contribution in [0.5, 0.6) is 0 Å². The summed E-state index contributed by atoms with van der Waals surface area (Å²) in [7, 11) is -3.28. The van der Waals surface area contributed by atoms with Crippen LogP contribution in [0.1, 0.15) is 49.4 Å². The fourth-order valence-corrected chi connectivity index (χ4v) is 6.59. The molecule has 1 aromatic carbocycles. The molecule has 0 bridgehead atoms. The number of sulfone groups is 1. The van der Waals surface area contributed by atoms with Gasteiger partial charge in [-0.1, -0.05) is 24.6 Å². The van der Waals surface area contributed by atoms with E-state index in [2.05, 4.69) is 12.2 Å². The van der Waals surface area contributed by atoms with Gasteiger partial charge in [0.1, 0.15) is 10.7 Å². The molecular formula is C22H26ClN3O5S. The number of nitrogens with one attached hydrogen (secondary N) is 1. The topological polar surface area (TPSA) is 104 Å². The number of amides is 3. The van der Waals surface area contributed by atoms with Crippen LogP contribution in [0.3, 0.4) is 0 Å². The Kier molecular flexibility index (Phi) is 6.31. The average molecular weight is 480 g/mol. The molecule has 2 fully saturated rings. The number of carbonyl (C=O) groups excluding carboxylic acids is 3. The van der Waals surface area contributed by atoms with Crippen LogP contribution in [-0.2, 0) is 19.4 Å². The van der Waals surface area contributed by atoms with Gasteiger partial charge in [0, 0.05) is 23.8 Å². The van der Waals surface area contributed by atoms with Crippen molar-refractivity contribution in [2.75, 3.05) is 23.4 Å². The Morgan fingerprint density at radius 3 is 2.66 bits per heavy atom. The summed E-state index contributed by atoms with van der Waals surface area (Å²) in [5.74, 6) is -1.73. The van der Waals surface area contributed by atoms with E-state index < -0.39 is 27.7 Å². The molecule has 10 heteroatoms. The highest BCUT2D eigenvalue weighted by molar-refractivity contribution is 7.91. The predicted octanol–water partition coefficient (Wildman–Crippen LogP) is 2.51. The minimum absolute atomic E-state index is 0.0610. The number of benzene rings is 1. The first kappa shape index (κ1) is 22.8. The third-order valence-corrected chi connectivity index (χ3v) is 8.47. The Morgan fingerprint density at radius 1 is 1.19 bits per heavy atom. The molecule has 0 spiro atoms. The molecule has 3 heterocycles. The van der Waals surface area contributed by atoms with Gasteiger partial charge in [-0.3, -0.25) is 19.3 Å². The lowest BCUT2D eigenvalue weighted by atomic mass is 9.99. The largest absolute Gasteiger partial charge is 0.350 e. The number of imide groups is 1. The second-order valence-corrected chi connectivity index (χ2v) is 11.1. The van der Waals surface area contributed by atoms with Crippen LogP contribution < -0.4 is 5.32 Å². The van der Waals surface area contributed by atoms with E-state index in [9.17, 15) is 22.8 Å². The van der Waals surface area contributed by atoms with E-state index in [1.54, 1.807) is 24.3 Å². The second kappa shape index (κ2) is 8.86. The number of hydrogen-bond donors (Lipinski definition) is 1. The Labute approximate surface area is 192 Å². The highest BCUT2D eigenvalue weighted by Gasteiger charge is 2.45. The lowest BCUT2D eigenvalue weighted by Crippen LogP contribution is -2.43. The van der Waals surface area contributed by atoms with Crippen molar-refractivity contribution in [3.05, 3.63) is 40.6 Å². The zero-order chi connectivity index (χ0) is 23.0. The monoisotopic (exact) mass is 479 g/mol. The Hall–Kier alpha value is -2.39. The van der Waals surface area contributed by atoms with Gasteiger partial charge in [-0.25, -0.2) is 8.42 Å². The fourth-order valence-electron chi connectivity index (χ4n) is 4.67. The van der Waals surface area contributed by atoms with Gasteiger partial charge >= 0.3 is 0 Å². The van der Waals surface area contributed by atoms with E-state index >= 15 is 0 Å². The molecule has 0 radical (unpaired) electrons. The van der Waals surface area contributed by atoms with Crippen LogP contribution in [0, 0.1) is 0 Å². The number of likely N-dealkylation sites (tertiary alicyclic amines) is 1. The third-order valence-electron chi connectivity index (χ3n) is 6.37. The number of hydrogen-bond acceptors (Lipinski definition) is 6. The predicted molar refractivity (Wildman–Crippen MR) is 121 cm³/mol. The molecule has 0 saturated carbocycles. The normalized spacial score (nSPS) is 25.6. The molecule has 4 rings (SSSR count). The van der Waals surface area contributed by atoms with Crippen molar-refractivity contribution in [2.24, 2.45) is 0 Å². The van der Waals surface area contributed by atoms with E-state index in [0.717, 1.165) is 37.1 Å². The second-order valence-electron chi connectivity index (χ2n) is 8.49. The molecule has 172 valence electrons. The van der Waals surface area contributed by atoms with Gasteiger partial charge in [0.25, 0.3) is 17.7 Å². The summed E-state index contributed by atoms with van der Waals surface area (Å²) in [6.07, 6.45) is 4.19. The zero-order valence-electron chi connectivity index (χ0n) is 17.8. The molecular weight excluding hydrogens is 454 g/mol. The van der Waals surface area contributed by atoms with Gasteiger partial charge in [-0.2, -0.15) is 0 Å². The van der Waals surface area contributed by atoms with Gasteiger partial charge < -0.3 is 10.2 Å². The number of halogens is 1. The number of anilines is 1. The summed E-state index contributed by atoms with van der Waals surface area (Å²) >= 11 is 6.16. The van der Waals surface area contributed by atoms with E-state index in [0.29, 0.717) is 11.3 Å². The number of nitrogens with zero attached hydrogens (tertiary/aromatic N) is 2. The van der Waals surface area contributed by atoms with E-state index in [1.165, 1.54) is 0 Å². The maximum absolute atomic E-state index is 13.1. The molecule has 3 aliphatic heterocycles. The lowest BCUT2D eigenvalue weighted by Gasteiger charge is -2.35. The van der Waals surface area contributed by atoms with Crippen LogP contribution in [0.2, 0.25) is 0 Å². The minimum Gasteiger partial charge on any atom is -0.350 e. The molecule has 1 aromatic rings. The van der Waals surface area contributed by atoms with E-state index in [-0.39, 0.29) is 40.6 Å². The molecule has 32 heavy (non-hydrogen) atoms. The maximum atomic E-state index is 13.1. The lowest BCUT2D eigenvalue weighted by molar-refractivity contribution is -0.139. The molecule has 0 aromatic heterocycles. The first-order valence-electron chi connectivity index (χ1n) is 10.9. The van der Waals surface area contributed by atoms with Crippen molar-refractivity contribution in [1.29, 1.82) is 0 Å². The molecule has 1 N–H and O–H groups in total. The van der Waals surface area contributed by atoms with Crippen LogP contribution in [0.25, 0.3) is 0 Å². The summed E-state index contributed by atoms with van der Waals surface area (Å²) in [6, 6.07) is 6.25. The van der Waals surface area contributed by atoms with Crippen LogP contribution >= 0.6 is 11.6 Å². The molecule has 0 aliphatic carbocycles. The highest BCUT2D eigenvalue weighted by Crippen LogP contribution is 2.31. The summed E-state index contributed by atoms with van der Waals surface area (Å²) in [5, 5.41) is 2.60. The van der Waals surface area contributed by atoms with Crippen molar-refractivity contribution < 1.29 is 22.8 Å². The summed E-state index contributed by atoms with van der Waals surface area (Å²) < 4.78 is 23.6. The maximum Gasteiger partial charge on any atom is 0.279 e. The Balaban J connectivity index is 1.52. The van der Waals surface area contributed by atoms with Crippen molar-refractivity contribution in [2.45, 2.75) is 51.1 Å². The number of carbonyl (C=O) groups is 3. The molecule has 3 aliphatic rings. The molecule has 3 amide bonds. The minimum atomic E-state index is -3.28. The standard InChI is InChI=1S/C22H26ClN3O5S/c1-2-16-8-3-4-10-25(16)20(27)14-6-5-7-15(12-14)24-19-18(23)21(28)26(22(19)29)17-9-11-32(30,31)13-17/h5-7,12,16-17,24H,2-4,8-11,13H2,1H3. The zero-order valence-corrected chi connectivity index (χ0v) is 19.4. The molecule has 2 unspecified atom stereocenters.